The summed E-state index contributed by atoms with van der Waals surface area (Å²) in [5.74, 6) is 1.06. The molecule has 3 aromatic heterocycles. The SMILES string of the molecule is COc1cccc(-c2csc3c(=O)[nH]c(N4CCCC(C(=O)NCc5ccccn5)C4)nc23)c1. The predicted octanol–water partition coefficient (Wildman–Crippen LogP) is 3.59. The molecule has 4 aromatic rings. The van der Waals surface area contributed by atoms with Crippen molar-refractivity contribution < 1.29 is 9.53 Å². The van der Waals surface area contributed by atoms with E-state index in [1.165, 1.54) is 11.3 Å². The molecule has 1 atom stereocenters. The number of methoxy groups -OCH3 is 1. The Morgan fingerprint density at radius 2 is 2.21 bits per heavy atom. The number of rotatable bonds is 6. The standard InChI is InChI=1S/C25H25N5O3S/c1-33-19-9-4-6-16(12-19)20-15-34-22-21(20)28-25(29-24(22)32)30-11-5-7-17(14-30)23(31)27-13-18-8-2-3-10-26-18/h2-4,6,8-10,12,15,17H,5,7,11,13-14H2,1H3,(H,27,31)(H,28,29,32). The molecule has 1 aliphatic heterocycles. The molecule has 0 bridgehead atoms. The van der Waals surface area contributed by atoms with Gasteiger partial charge in [-0.1, -0.05) is 18.2 Å². The second kappa shape index (κ2) is 9.64. The van der Waals surface area contributed by atoms with Crippen molar-refractivity contribution in [1.29, 1.82) is 0 Å². The highest BCUT2D eigenvalue weighted by Crippen LogP contribution is 2.33. The molecule has 34 heavy (non-hydrogen) atoms. The summed E-state index contributed by atoms with van der Waals surface area (Å²) in [6, 6.07) is 13.4. The topological polar surface area (TPSA) is 100 Å². The predicted molar refractivity (Wildman–Crippen MR) is 133 cm³/mol. The zero-order valence-electron chi connectivity index (χ0n) is 18.8. The minimum Gasteiger partial charge on any atom is -0.497 e. The average Bonchev–Trinajstić information content (AvgIpc) is 3.33. The molecule has 0 spiro atoms. The average molecular weight is 476 g/mol. The Morgan fingerprint density at radius 3 is 3.03 bits per heavy atom. The highest BCUT2D eigenvalue weighted by molar-refractivity contribution is 7.17. The van der Waals surface area contributed by atoms with Crippen LogP contribution in [0.15, 0.2) is 58.8 Å². The number of pyridine rings is 1. The van der Waals surface area contributed by atoms with E-state index in [1.807, 2.05) is 52.7 Å². The number of benzene rings is 1. The second-order valence-electron chi connectivity index (χ2n) is 8.27. The summed E-state index contributed by atoms with van der Waals surface area (Å²) in [5, 5.41) is 4.94. The van der Waals surface area contributed by atoms with Gasteiger partial charge >= 0.3 is 0 Å². The maximum absolute atomic E-state index is 12.9. The molecule has 5 rings (SSSR count). The van der Waals surface area contributed by atoms with E-state index < -0.39 is 0 Å². The number of aromatic amines is 1. The quantitative estimate of drug-likeness (QED) is 0.442. The van der Waals surface area contributed by atoms with Crippen molar-refractivity contribution in [2.75, 3.05) is 25.1 Å². The van der Waals surface area contributed by atoms with Crippen LogP contribution in [0.1, 0.15) is 18.5 Å². The van der Waals surface area contributed by atoms with E-state index in [0.717, 1.165) is 42.0 Å². The van der Waals surface area contributed by atoms with Crippen molar-refractivity contribution in [3.63, 3.8) is 0 Å². The summed E-state index contributed by atoms with van der Waals surface area (Å²) in [6.07, 6.45) is 3.35. The van der Waals surface area contributed by atoms with Crippen LogP contribution in [0.5, 0.6) is 5.75 Å². The van der Waals surface area contributed by atoms with Crippen LogP contribution in [0.2, 0.25) is 0 Å². The summed E-state index contributed by atoms with van der Waals surface area (Å²) >= 11 is 1.38. The first kappa shape index (κ1) is 22.1. The molecule has 9 heteroatoms. The van der Waals surface area contributed by atoms with E-state index in [-0.39, 0.29) is 17.4 Å². The first-order valence-corrected chi connectivity index (χ1v) is 12.1. The van der Waals surface area contributed by atoms with Gasteiger partial charge in [-0.05, 0) is 42.7 Å². The first-order chi connectivity index (χ1) is 16.6. The van der Waals surface area contributed by atoms with E-state index in [0.29, 0.717) is 29.3 Å². The van der Waals surface area contributed by atoms with Crippen LogP contribution < -0.4 is 20.5 Å². The number of nitrogens with zero attached hydrogens (tertiary/aromatic N) is 3. The van der Waals surface area contributed by atoms with E-state index >= 15 is 0 Å². The second-order valence-corrected chi connectivity index (χ2v) is 9.15. The fourth-order valence-corrected chi connectivity index (χ4v) is 5.18. The molecule has 174 valence electrons. The Balaban J connectivity index is 1.38. The Labute approximate surface area is 200 Å². The van der Waals surface area contributed by atoms with Crippen LogP contribution >= 0.6 is 11.3 Å². The number of carbonyl (C=O) groups is 1. The highest BCUT2D eigenvalue weighted by Gasteiger charge is 2.27. The molecule has 1 aliphatic rings. The van der Waals surface area contributed by atoms with Crippen molar-refractivity contribution in [2.24, 2.45) is 5.92 Å². The smallest absolute Gasteiger partial charge is 0.270 e. The summed E-state index contributed by atoms with van der Waals surface area (Å²) in [4.78, 5) is 39.7. The number of hydrogen-bond acceptors (Lipinski definition) is 7. The Bertz CT molecular complexity index is 1370. The van der Waals surface area contributed by atoms with Gasteiger partial charge in [0.05, 0.1) is 30.8 Å². The van der Waals surface area contributed by atoms with Crippen LogP contribution in [-0.2, 0) is 11.3 Å². The number of hydrogen-bond donors (Lipinski definition) is 2. The van der Waals surface area contributed by atoms with Crippen molar-refractivity contribution in [3.05, 3.63) is 70.1 Å². The van der Waals surface area contributed by atoms with Gasteiger partial charge in [0, 0.05) is 30.2 Å². The minimum absolute atomic E-state index is 0.00798. The molecule has 0 aliphatic carbocycles. The van der Waals surface area contributed by atoms with Crippen LogP contribution in [-0.4, -0.2) is 41.1 Å². The van der Waals surface area contributed by atoms with Gasteiger partial charge in [0.2, 0.25) is 11.9 Å². The molecule has 8 nitrogen and oxygen atoms in total. The van der Waals surface area contributed by atoms with E-state index in [9.17, 15) is 9.59 Å². The van der Waals surface area contributed by atoms with E-state index in [1.54, 1.807) is 13.3 Å². The summed E-state index contributed by atoms with van der Waals surface area (Å²) in [6.45, 7) is 1.63. The van der Waals surface area contributed by atoms with Crippen molar-refractivity contribution >= 4 is 33.4 Å². The first-order valence-electron chi connectivity index (χ1n) is 11.2. The third-order valence-electron chi connectivity index (χ3n) is 6.06. The molecule has 0 radical (unpaired) electrons. The van der Waals surface area contributed by atoms with Crippen molar-refractivity contribution in [2.45, 2.75) is 19.4 Å². The summed E-state index contributed by atoms with van der Waals surface area (Å²) in [5.41, 5.74) is 3.16. The van der Waals surface area contributed by atoms with Crippen LogP contribution in [0.25, 0.3) is 21.3 Å². The van der Waals surface area contributed by atoms with Crippen molar-refractivity contribution in [1.82, 2.24) is 20.3 Å². The number of aromatic nitrogens is 3. The van der Waals surface area contributed by atoms with Gasteiger partial charge in [-0.3, -0.25) is 19.6 Å². The zero-order valence-corrected chi connectivity index (χ0v) is 19.6. The largest absolute Gasteiger partial charge is 0.497 e. The van der Waals surface area contributed by atoms with E-state index in [2.05, 4.69) is 15.3 Å². The van der Waals surface area contributed by atoms with Crippen LogP contribution in [0.3, 0.4) is 0 Å². The molecule has 1 amide bonds. The number of nitrogens with one attached hydrogen (secondary N) is 2. The third kappa shape index (κ3) is 4.51. The number of fused-ring (bicyclic) bond motifs is 1. The van der Waals surface area contributed by atoms with E-state index in [4.69, 9.17) is 9.72 Å². The fourth-order valence-electron chi connectivity index (χ4n) is 4.27. The lowest BCUT2D eigenvalue weighted by Gasteiger charge is -2.32. The van der Waals surface area contributed by atoms with Gasteiger partial charge in [-0.2, -0.15) is 0 Å². The number of carbonyl (C=O) groups excluding carboxylic acids is 1. The van der Waals surface area contributed by atoms with Crippen LogP contribution in [0.4, 0.5) is 5.95 Å². The number of thiophene rings is 1. The number of anilines is 1. The van der Waals surface area contributed by atoms with Gasteiger partial charge in [-0.25, -0.2) is 4.98 Å². The molecule has 4 heterocycles. The molecule has 0 saturated carbocycles. The number of H-pyrrole nitrogens is 1. The monoisotopic (exact) mass is 475 g/mol. The highest BCUT2D eigenvalue weighted by atomic mass is 32.1. The lowest BCUT2D eigenvalue weighted by Crippen LogP contribution is -2.44. The van der Waals surface area contributed by atoms with Gasteiger partial charge in [-0.15, -0.1) is 11.3 Å². The van der Waals surface area contributed by atoms with Crippen molar-refractivity contribution in [3.8, 4) is 16.9 Å². The Morgan fingerprint density at radius 1 is 1.29 bits per heavy atom. The lowest BCUT2D eigenvalue weighted by molar-refractivity contribution is -0.125. The number of amides is 1. The van der Waals surface area contributed by atoms with Gasteiger partial charge in [0.25, 0.3) is 5.56 Å². The summed E-state index contributed by atoms with van der Waals surface area (Å²) in [7, 11) is 1.63. The minimum atomic E-state index is -0.182. The maximum Gasteiger partial charge on any atom is 0.270 e. The molecular weight excluding hydrogens is 450 g/mol. The zero-order chi connectivity index (χ0) is 23.5. The Kier molecular flexibility index (Phi) is 6.27. The maximum atomic E-state index is 12.9. The number of piperidine rings is 1. The summed E-state index contributed by atoms with van der Waals surface area (Å²) < 4.78 is 5.94. The molecule has 1 saturated heterocycles. The molecule has 2 N–H and O–H groups in total. The number of ether oxygens (including phenoxy) is 1. The fraction of sp³-hybridized carbons (Fsp3) is 0.280. The third-order valence-corrected chi connectivity index (χ3v) is 7.02. The molecule has 1 unspecified atom stereocenters. The lowest BCUT2D eigenvalue weighted by atomic mass is 9.97. The normalized spacial score (nSPS) is 15.9. The van der Waals surface area contributed by atoms with Gasteiger partial charge in [0.15, 0.2) is 0 Å². The van der Waals surface area contributed by atoms with Gasteiger partial charge in [0.1, 0.15) is 10.4 Å². The molecule has 1 fully saturated rings. The van der Waals surface area contributed by atoms with Crippen LogP contribution in [0, 0.1) is 5.92 Å². The Hall–Kier alpha value is -3.72. The van der Waals surface area contributed by atoms with Gasteiger partial charge < -0.3 is 15.0 Å². The molecule has 1 aromatic carbocycles. The molecular formula is C25H25N5O3S.